The Kier molecular flexibility index (Phi) is 5.90. The van der Waals surface area contributed by atoms with E-state index in [2.05, 4.69) is 15.3 Å². The normalized spacial score (nSPS) is 11.0. The van der Waals surface area contributed by atoms with Crippen molar-refractivity contribution in [3.63, 3.8) is 0 Å². The highest BCUT2D eigenvalue weighted by molar-refractivity contribution is 7.71. The highest BCUT2D eigenvalue weighted by Gasteiger charge is 2.12. The summed E-state index contributed by atoms with van der Waals surface area (Å²) < 4.78 is 6.92. The van der Waals surface area contributed by atoms with Crippen LogP contribution in [0.25, 0.3) is 11.4 Å². The van der Waals surface area contributed by atoms with Crippen LogP contribution in [-0.4, -0.2) is 38.8 Å². The van der Waals surface area contributed by atoms with Crippen molar-refractivity contribution >= 4 is 47.6 Å². The van der Waals surface area contributed by atoms with Gasteiger partial charge in [-0.15, -0.1) is 0 Å². The lowest BCUT2D eigenvalue weighted by Gasteiger charge is -2.07. The Labute approximate surface area is 168 Å². The average molecular weight is 423 g/mol. The van der Waals surface area contributed by atoms with Gasteiger partial charge in [0, 0.05) is 16.1 Å². The average Bonchev–Trinajstić information content (AvgIpc) is 2.99. The van der Waals surface area contributed by atoms with Crippen LogP contribution in [0.15, 0.2) is 47.6 Å². The fourth-order valence-corrected chi connectivity index (χ4v) is 2.89. The maximum atomic E-state index is 10.7. The van der Waals surface area contributed by atoms with Crippen molar-refractivity contribution < 1.29 is 14.6 Å². The summed E-state index contributed by atoms with van der Waals surface area (Å²) in [6.07, 6.45) is 1.50. The van der Waals surface area contributed by atoms with E-state index in [0.29, 0.717) is 32.7 Å². The number of carboxylic acid groups (broad SMARTS) is 1. The van der Waals surface area contributed by atoms with Gasteiger partial charge in [0.15, 0.2) is 12.4 Å². The van der Waals surface area contributed by atoms with Gasteiger partial charge in [-0.1, -0.05) is 35.3 Å². The minimum Gasteiger partial charge on any atom is -0.481 e. The molecule has 2 N–H and O–H groups in total. The van der Waals surface area contributed by atoms with Gasteiger partial charge >= 0.3 is 5.97 Å². The molecule has 3 aromatic rings. The number of nitrogens with zero attached hydrogens (tertiary/aromatic N) is 3. The fraction of sp³-hybridized carbons (Fsp3) is 0.0588. The Bertz CT molecular complexity index is 1080. The molecule has 0 aliphatic heterocycles. The molecule has 2 aromatic carbocycles. The van der Waals surface area contributed by atoms with Crippen molar-refractivity contribution in [1.29, 1.82) is 0 Å². The Morgan fingerprint density at radius 3 is 2.85 bits per heavy atom. The summed E-state index contributed by atoms with van der Waals surface area (Å²) in [5.74, 6) is -0.287. The second-order valence-electron chi connectivity index (χ2n) is 5.25. The van der Waals surface area contributed by atoms with E-state index in [1.807, 2.05) is 0 Å². The molecular weight excluding hydrogens is 411 g/mol. The predicted octanol–water partition coefficient (Wildman–Crippen LogP) is 4.26. The van der Waals surface area contributed by atoms with Gasteiger partial charge in [0.05, 0.1) is 11.2 Å². The molecule has 0 spiro atoms. The van der Waals surface area contributed by atoms with Crippen molar-refractivity contribution in [2.75, 3.05) is 6.61 Å². The molecule has 0 bridgehead atoms. The van der Waals surface area contributed by atoms with Gasteiger partial charge in [0.2, 0.25) is 4.77 Å². The van der Waals surface area contributed by atoms with Crippen LogP contribution in [0, 0.1) is 4.77 Å². The summed E-state index contributed by atoms with van der Waals surface area (Å²) in [5.41, 5.74) is 1.18. The molecule has 0 unspecified atom stereocenters. The van der Waals surface area contributed by atoms with Crippen LogP contribution in [0.2, 0.25) is 10.0 Å². The molecule has 0 amide bonds. The SMILES string of the molecule is O=C(O)COc1ccccc1/C=N\n1c(-c2ccc(Cl)cc2Cl)n[nH]c1=S. The zero-order valence-electron chi connectivity index (χ0n) is 13.6. The highest BCUT2D eigenvalue weighted by Crippen LogP contribution is 2.29. The number of hydrogen-bond acceptors (Lipinski definition) is 5. The standard InChI is InChI=1S/C17H12Cl2N4O3S/c18-11-5-6-12(13(19)7-11)16-21-22-17(27)23(16)20-8-10-3-1-2-4-14(10)26-9-15(24)25/h1-8H,9H2,(H,22,27)(H,24,25)/b20-8-. The predicted molar refractivity (Wildman–Crippen MR) is 105 cm³/mol. The van der Waals surface area contributed by atoms with Crippen LogP contribution >= 0.6 is 35.4 Å². The van der Waals surface area contributed by atoms with Gasteiger partial charge in [-0.2, -0.15) is 14.9 Å². The summed E-state index contributed by atoms with van der Waals surface area (Å²) >= 11 is 17.4. The molecule has 0 aliphatic carbocycles. The van der Waals surface area contributed by atoms with E-state index in [9.17, 15) is 4.79 Å². The van der Waals surface area contributed by atoms with E-state index in [0.717, 1.165) is 0 Å². The lowest BCUT2D eigenvalue weighted by molar-refractivity contribution is -0.139. The highest BCUT2D eigenvalue weighted by atomic mass is 35.5. The summed E-state index contributed by atoms with van der Waals surface area (Å²) in [7, 11) is 0. The molecule has 10 heteroatoms. The zero-order chi connectivity index (χ0) is 19.4. The maximum absolute atomic E-state index is 10.7. The Hall–Kier alpha value is -2.68. The number of carbonyl (C=O) groups is 1. The molecule has 0 fully saturated rings. The van der Waals surface area contributed by atoms with Crippen LogP contribution in [-0.2, 0) is 4.79 Å². The van der Waals surface area contributed by atoms with Crippen LogP contribution in [0.1, 0.15) is 5.56 Å². The molecule has 27 heavy (non-hydrogen) atoms. The number of aliphatic carboxylic acids is 1. The number of hydrogen-bond donors (Lipinski definition) is 2. The summed E-state index contributed by atoms with van der Waals surface area (Å²) in [6.45, 7) is -0.457. The molecule has 3 rings (SSSR count). The van der Waals surface area contributed by atoms with E-state index < -0.39 is 12.6 Å². The van der Waals surface area contributed by atoms with Crippen molar-refractivity contribution in [2.24, 2.45) is 5.10 Å². The molecule has 0 radical (unpaired) electrons. The summed E-state index contributed by atoms with van der Waals surface area (Å²) in [4.78, 5) is 10.7. The number of halogens is 2. The van der Waals surface area contributed by atoms with Crippen LogP contribution in [0.4, 0.5) is 0 Å². The number of aromatic nitrogens is 3. The van der Waals surface area contributed by atoms with Gasteiger partial charge in [-0.05, 0) is 42.5 Å². The summed E-state index contributed by atoms with van der Waals surface area (Å²) in [6, 6.07) is 11.9. The molecule has 0 atom stereocenters. The van der Waals surface area contributed by atoms with E-state index in [4.69, 9.17) is 45.3 Å². The maximum Gasteiger partial charge on any atom is 0.341 e. The van der Waals surface area contributed by atoms with Crippen LogP contribution < -0.4 is 4.74 Å². The molecule has 0 aliphatic rings. The summed E-state index contributed by atoms with van der Waals surface area (Å²) in [5, 5.41) is 20.9. The van der Waals surface area contributed by atoms with Gasteiger partial charge < -0.3 is 9.84 Å². The van der Waals surface area contributed by atoms with Crippen molar-refractivity contribution in [3.05, 3.63) is 62.8 Å². The lowest BCUT2D eigenvalue weighted by atomic mass is 10.2. The molecule has 0 saturated heterocycles. The third-order valence-electron chi connectivity index (χ3n) is 3.40. The molecule has 0 saturated carbocycles. The molecule has 1 heterocycles. The van der Waals surface area contributed by atoms with Crippen LogP contribution in [0.5, 0.6) is 5.75 Å². The number of carboxylic acids is 1. The first-order valence-electron chi connectivity index (χ1n) is 7.56. The van der Waals surface area contributed by atoms with Gasteiger partial charge in [0.1, 0.15) is 5.75 Å². The first kappa shape index (κ1) is 19.1. The number of nitrogens with one attached hydrogen (secondary N) is 1. The third-order valence-corrected chi connectivity index (χ3v) is 4.22. The minimum absolute atomic E-state index is 0.260. The van der Waals surface area contributed by atoms with E-state index in [1.165, 1.54) is 10.9 Å². The molecular formula is C17H12Cl2N4O3S. The number of aromatic amines is 1. The van der Waals surface area contributed by atoms with Gasteiger partial charge in [-0.3, -0.25) is 0 Å². The van der Waals surface area contributed by atoms with Crippen molar-refractivity contribution in [2.45, 2.75) is 0 Å². The number of rotatable bonds is 6. The second-order valence-corrected chi connectivity index (χ2v) is 6.48. The largest absolute Gasteiger partial charge is 0.481 e. The zero-order valence-corrected chi connectivity index (χ0v) is 15.9. The fourth-order valence-electron chi connectivity index (χ4n) is 2.22. The van der Waals surface area contributed by atoms with Crippen molar-refractivity contribution in [3.8, 4) is 17.1 Å². The monoisotopic (exact) mass is 422 g/mol. The third kappa shape index (κ3) is 4.54. The molecule has 7 nitrogen and oxygen atoms in total. The van der Waals surface area contributed by atoms with Gasteiger partial charge in [-0.25, -0.2) is 9.89 Å². The first-order chi connectivity index (χ1) is 13.0. The number of H-pyrrole nitrogens is 1. The number of para-hydroxylation sites is 1. The van der Waals surface area contributed by atoms with Gasteiger partial charge in [0.25, 0.3) is 0 Å². The van der Waals surface area contributed by atoms with Crippen molar-refractivity contribution in [1.82, 2.24) is 14.9 Å². The lowest BCUT2D eigenvalue weighted by Crippen LogP contribution is -2.10. The Balaban J connectivity index is 1.97. The van der Waals surface area contributed by atoms with E-state index in [1.54, 1.807) is 42.5 Å². The Morgan fingerprint density at radius 1 is 1.33 bits per heavy atom. The Morgan fingerprint density at radius 2 is 2.11 bits per heavy atom. The minimum atomic E-state index is -1.07. The van der Waals surface area contributed by atoms with E-state index >= 15 is 0 Å². The second kappa shape index (κ2) is 8.34. The molecule has 138 valence electrons. The quantitative estimate of drug-likeness (QED) is 0.457. The number of ether oxygens (including phenoxy) is 1. The first-order valence-corrected chi connectivity index (χ1v) is 8.73. The smallest absolute Gasteiger partial charge is 0.341 e. The topological polar surface area (TPSA) is 92.5 Å². The van der Waals surface area contributed by atoms with Crippen LogP contribution in [0.3, 0.4) is 0 Å². The number of benzene rings is 2. The molecule has 1 aromatic heterocycles. The van der Waals surface area contributed by atoms with E-state index in [-0.39, 0.29) is 4.77 Å².